The predicted octanol–water partition coefficient (Wildman–Crippen LogP) is 3.89. The van der Waals surface area contributed by atoms with E-state index in [9.17, 15) is 0 Å². The lowest BCUT2D eigenvalue weighted by Gasteiger charge is -2.28. The minimum atomic E-state index is 0.331. The zero-order chi connectivity index (χ0) is 10.9. The van der Waals surface area contributed by atoms with E-state index in [0.29, 0.717) is 11.6 Å². The van der Waals surface area contributed by atoms with Crippen molar-refractivity contribution in [2.24, 2.45) is 0 Å². The van der Waals surface area contributed by atoms with Crippen LogP contribution < -0.4 is 5.32 Å². The smallest absolute Gasteiger partial charge is 0.110 e. The van der Waals surface area contributed by atoms with Crippen LogP contribution in [0, 0.1) is 0 Å². The average Bonchev–Trinajstić information content (AvgIpc) is 2.75. The molecule has 2 nitrogen and oxygen atoms in total. The molecule has 1 N–H and O–H groups in total. The average molecular weight is 289 g/mol. The van der Waals surface area contributed by atoms with E-state index in [1.54, 1.807) is 11.3 Å². The van der Waals surface area contributed by atoms with Crippen LogP contribution in [-0.2, 0) is 0 Å². The van der Waals surface area contributed by atoms with Gasteiger partial charge < -0.3 is 5.32 Å². The number of aromatic nitrogens is 1. The molecule has 1 aromatic rings. The molecule has 0 spiro atoms. The number of nitrogens with one attached hydrogen (secondary N) is 1. The summed E-state index contributed by atoms with van der Waals surface area (Å²) in [5.74, 6) is 0. The normalized spacial score (nSPS) is 21.8. The molecule has 0 bridgehead atoms. The standard InChI is InChI=1S/C11H17BrN2S/c1-8(10-13-7-9(12)15-10)14-11(2)5-3-4-6-11/h7-8,14H,3-6H2,1-2H3. The molecule has 0 amide bonds. The third-order valence-electron chi connectivity index (χ3n) is 3.14. The molecule has 0 radical (unpaired) electrons. The van der Waals surface area contributed by atoms with Crippen LogP contribution in [0.5, 0.6) is 0 Å². The van der Waals surface area contributed by atoms with Crippen molar-refractivity contribution < 1.29 is 0 Å². The van der Waals surface area contributed by atoms with Gasteiger partial charge in [-0.25, -0.2) is 4.98 Å². The molecule has 1 aromatic heterocycles. The van der Waals surface area contributed by atoms with Gasteiger partial charge in [0.25, 0.3) is 0 Å². The van der Waals surface area contributed by atoms with E-state index >= 15 is 0 Å². The van der Waals surface area contributed by atoms with Crippen LogP contribution in [0.1, 0.15) is 50.6 Å². The lowest BCUT2D eigenvalue weighted by Crippen LogP contribution is -2.40. The number of halogens is 1. The van der Waals surface area contributed by atoms with E-state index in [0.717, 1.165) is 3.79 Å². The lowest BCUT2D eigenvalue weighted by atomic mass is 9.99. The van der Waals surface area contributed by atoms with Gasteiger partial charge in [-0.05, 0) is 42.6 Å². The van der Waals surface area contributed by atoms with E-state index in [2.05, 4.69) is 40.1 Å². The fourth-order valence-electron chi connectivity index (χ4n) is 2.35. The third kappa shape index (κ3) is 2.80. The van der Waals surface area contributed by atoms with Crippen LogP contribution in [0.25, 0.3) is 0 Å². The number of nitrogens with zero attached hydrogens (tertiary/aromatic N) is 1. The maximum absolute atomic E-state index is 4.40. The van der Waals surface area contributed by atoms with Gasteiger partial charge in [0.05, 0.1) is 16.0 Å². The van der Waals surface area contributed by atoms with Gasteiger partial charge in [0.1, 0.15) is 5.01 Å². The quantitative estimate of drug-likeness (QED) is 0.913. The summed E-state index contributed by atoms with van der Waals surface area (Å²) in [5.41, 5.74) is 0.331. The van der Waals surface area contributed by atoms with Crippen LogP contribution in [0.3, 0.4) is 0 Å². The third-order valence-corrected chi connectivity index (χ3v) is 4.80. The molecule has 0 aliphatic heterocycles. The van der Waals surface area contributed by atoms with Crippen molar-refractivity contribution in [3.63, 3.8) is 0 Å². The first kappa shape index (κ1) is 11.6. The summed E-state index contributed by atoms with van der Waals surface area (Å²) in [6.45, 7) is 4.54. The highest BCUT2D eigenvalue weighted by molar-refractivity contribution is 9.11. The first-order valence-electron chi connectivity index (χ1n) is 5.48. The molecular weight excluding hydrogens is 272 g/mol. The van der Waals surface area contributed by atoms with Gasteiger partial charge in [0, 0.05) is 5.54 Å². The van der Waals surface area contributed by atoms with E-state index in [1.807, 2.05) is 6.20 Å². The molecule has 1 fully saturated rings. The van der Waals surface area contributed by atoms with Crippen LogP contribution in [-0.4, -0.2) is 10.5 Å². The second-order valence-corrected chi connectivity index (χ2v) is 7.08. The van der Waals surface area contributed by atoms with Gasteiger partial charge >= 0.3 is 0 Å². The van der Waals surface area contributed by atoms with Gasteiger partial charge in [-0.2, -0.15) is 0 Å². The second-order valence-electron chi connectivity index (χ2n) is 4.64. The lowest BCUT2D eigenvalue weighted by molar-refractivity contribution is 0.327. The number of hydrogen-bond acceptors (Lipinski definition) is 3. The first-order chi connectivity index (χ1) is 7.09. The Morgan fingerprint density at radius 2 is 2.20 bits per heavy atom. The van der Waals surface area contributed by atoms with Crippen molar-refractivity contribution in [3.8, 4) is 0 Å². The summed E-state index contributed by atoms with van der Waals surface area (Å²) < 4.78 is 1.11. The highest BCUT2D eigenvalue weighted by Gasteiger charge is 2.30. The number of thiazole rings is 1. The molecule has 1 atom stereocenters. The molecule has 1 saturated carbocycles. The zero-order valence-corrected chi connectivity index (χ0v) is 11.6. The molecule has 1 unspecified atom stereocenters. The van der Waals surface area contributed by atoms with Gasteiger partial charge in [-0.3, -0.25) is 0 Å². The Hall–Kier alpha value is 0.0700. The van der Waals surface area contributed by atoms with Gasteiger partial charge in [0.2, 0.25) is 0 Å². The second kappa shape index (κ2) is 4.52. The van der Waals surface area contributed by atoms with Crippen LogP contribution in [0.4, 0.5) is 0 Å². The van der Waals surface area contributed by atoms with E-state index < -0.39 is 0 Å². The summed E-state index contributed by atoms with van der Waals surface area (Å²) in [7, 11) is 0. The van der Waals surface area contributed by atoms with Crippen molar-refractivity contribution in [1.29, 1.82) is 0 Å². The molecule has 1 aliphatic carbocycles. The molecular formula is C11H17BrN2S. The maximum Gasteiger partial charge on any atom is 0.110 e. The van der Waals surface area contributed by atoms with Crippen molar-refractivity contribution in [1.82, 2.24) is 10.3 Å². The highest BCUT2D eigenvalue weighted by atomic mass is 79.9. The Balaban J connectivity index is 2.00. The minimum Gasteiger partial charge on any atom is -0.303 e. The van der Waals surface area contributed by atoms with Crippen molar-refractivity contribution in [2.45, 2.75) is 51.1 Å². The molecule has 0 saturated heterocycles. The summed E-state index contributed by atoms with van der Waals surface area (Å²) in [5, 5.41) is 4.89. The van der Waals surface area contributed by atoms with Crippen molar-refractivity contribution in [3.05, 3.63) is 15.0 Å². The van der Waals surface area contributed by atoms with Gasteiger partial charge in [-0.15, -0.1) is 11.3 Å². The molecule has 2 rings (SSSR count). The number of hydrogen-bond donors (Lipinski definition) is 1. The topological polar surface area (TPSA) is 24.9 Å². The summed E-state index contributed by atoms with van der Waals surface area (Å²) in [4.78, 5) is 4.40. The summed E-state index contributed by atoms with van der Waals surface area (Å²) >= 11 is 5.18. The van der Waals surface area contributed by atoms with Crippen LogP contribution in [0.15, 0.2) is 9.98 Å². The van der Waals surface area contributed by atoms with Crippen LogP contribution >= 0.6 is 27.3 Å². The predicted molar refractivity (Wildman–Crippen MR) is 68.2 cm³/mol. The summed E-state index contributed by atoms with van der Waals surface area (Å²) in [6, 6.07) is 0.365. The highest BCUT2D eigenvalue weighted by Crippen LogP contribution is 2.32. The fourth-order valence-corrected chi connectivity index (χ4v) is 3.60. The Morgan fingerprint density at radius 3 is 2.73 bits per heavy atom. The van der Waals surface area contributed by atoms with Crippen molar-refractivity contribution >= 4 is 27.3 Å². The molecule has 15 heavy (non-hydrogen) atoms. The van der Waals surface area contributed by atoms with Crippen molar-refractivity contribution in [2.75, 3.05) is 0 Å². The monoisotopic (exact) mass is 288 g/mol. The largest absolute Gasteiger partial charge is 0.303 e. The number of rotatable bonds is 3. The van der Waals surface area contributed by atoms with E-state index in [-0.39, 0.29) is 0 Å². The maximum atomic E-state index is 4.40. The molecule has 1 heterocycles. The van der Waals surface area contributed by atoms with Gasteiger partial charge in [-0.1, -0.05) is 12.8 Å². The van der Waals surface area contributed by atoms with E-state index in [1.165, 1.54) is 30.7 Å². The fraction of sp³-hybridized carbons (Fsp3) is 0.727. The summed E-state index contributed by atoms with van der Waals surface area (Å²) in [6.07, 6.45) is 7.19. The molecule has 4 heteroatoms. The Labute approximate surface area is 104 Å². The Morgan fingerprint density at radius 1 is 1.53 bits per heavy atom. The van der Waals surface area contributed by atoms with Gasteiger partial charge in [0.15, 0.2) is 0 Å². The Kier molecular flexibility index (Phi) is 3.48. The first-order valence-corrected chi connectivity index (χ1v) is 7.09. The molecule has 84 valence electrons. The van der Waals surface area contributed by atoms with E-state index in [4.69, 9.17) is 0 Å². The molecule has 1 aliphatic rings. The minimum absolute atomic E-state index is 0.331. The van der Waals surface area contributed by atoms with Crippen LogP contribution in [0.2, 0.25) is 0 Å². The Bertz CT molecular complexity index is 331. The SMILES string of the molecule is CC(NC1(C)CCCC1)c1ncc(Br)s1. The zero-order valence-electron chi connectivity index (χ0n) is 9.22. The molecule has 0 aromatic carbocycles.